The maximum atomic E-state index is 13.8. The lowest BCUT2D eigenvalue weighted by Crippen LogP contribution is -2.09. The molecule has 0 aliphatic heterocycles. The lowest BCUT2D eigenvalue weighted by Gasteiger charge is -2.25. The van der Waals surface area contributed by atoms with Gasteiger partial charge in [0.05, 0.1) is 0 Å². The molecule has 0 heterocycles. The fraction of sp³-hybridized carbons (Fsp3) is 0. The van der Waals surface area contributed by atoms with Gasteiger partial charge in [0, 0.05) is 45.3 Å². The quantitative estimate of drug-likeness (QED) is 0.132. The Morgan fingerprint density at radius 3 is 0.857 bits per heavy atom. The first-order valence-corrected chi connectivity index (χ1v) is 18.9. The molecule has 0 saturated carbocycles. The summed E-state index contributed by atoms with van der Waals surface area (Å²) in [4.78, 5) is 18.3. The van der Waals surface area contributed by atoms with Gasteiger partial charge >= 0.3 is 0 Å². The van der Waals surface area contributed by atoms with Gasteiger partial charge in [0.25, 0.3) is 0 Å². The van der Waals surface area contributed by atoms with E-state index in [-0.39, 0.29) is 5.78 Å². The molecule has 56 heavy (non-hydrogen) atoms. The molecular weight excluding hydrogens is 681 g/mol. The van der Waals surface area contributed by atoms with E-state index in [2.05, 4.69) is 204 Å². The molecule has 3 heteroatoms. The van der Waals surface area contributed by atoms with Crippen molar-refractivity contribution in [2.75, 3.05) is 9.80 Å². The molecule has 0 spiro atoms. The van der Waals surface area contributed by atoms with Crippen LogP contribution < -0.4 is 9.80 Å². The molecule has 0 N–H and O–H groups in total. The third kappa shape index (κ3) is 7.10. The molecule has 1 aliphatic rings. The summed E-state index contributed by atoms with van der Waals surface area (Å²) in [5.74, 6) is 0.0676. The van der Waals surface area contributed by atoms with Crippen molar-refractivity contribution in [1.82, 2.24) is 0 Å². The zero-order valence-corrected chi connectivity index (χ0v) is 30.7. The SMILES string of the molecule is O=C1c2cc(/C=C/c3ccc(N(c4ccccc4)c4ccccc4)cc3)ccc2-c2ccc(/C=C/c3ccc(N(c4ccccc4)c4ccccc4)cc3)cc21. The first-order valence-electron chi connectivity index (χ1n) is 18.9. The van der Waals surface area contributed by atoms with Crippen LogP contribution in [0.3, 0.4) is 0 Å². The minimum Gasteiger partial charge on any atom is -0.311 e. The zero-order chi connectivity index (χ0) is 37.7. The maximum Gasteiger partial charge on any atom is 0.194 e. The van der Waals surface area contributed by atoms with E-state index < -0.39 is 0 Å². The van der Waals surface area contributed by atoms with Gasteiger partial charge in [-0.2, -0.15) is 0 Å². The first kappa shape index (κ1) is 34.3. The molecule has 266 valence electrons. The Bertz CT molecular complexity index is 2400. The molecule has 1 aliphatic carbocycles. The molecule has 0 amide bonds. The summed E-state index contributed by atoms with van der Waals surface area (Å²) in [5.41, 5.74) is 14.2. The fourth-order valence-electron chi connectivity index (χ4n) is 7.38. The average molecular weight is 719 g/mol. The lowest BCUT2D eigenvalue weighted by atomic mass is 10.0. The van der Waals surface area contributed by atoms with Gasteiger partial charge in [0.15, 0.2) is 5.78 Å². The summed E-state index contributed by atoms with van der Waals surface area (Å²) in [6.07, 6.45) is 8.36. The Hall–Kier alpha value is -7.49. The summed E-state index contributed by atoms with van der Waals surface area (Å²) < 4.78 is 0. The van der Waals surface area contributed by atoms with Crippen LogP contribution in [0.1, 0.15) is 38.2 Å². The highest BCUT2D eigenvalue weighted by atomic mass is 16.1. The zero-order valence-electron chi connectivity index (χ0n) is 30.7. The summed E-state index contributed by atoms with van der Waals surface area (Å²) in [6, 6.07) is 71.1. The molecular formula is C53H38N2O. The largest absolute Gasteiger partial charge is 0.311 e. The number of para-hydroxylation sites is 4. The van der Waals surface area contributed by atoms with Crippen molar-refractivity contribution in [3.05, 3.63) is 240 Å². The third-order valence-electron chi connectivity index (χ3n) is 10.2. The number of hydrogen-bond donors (Lipinski definition) is 0. The number of anilines is 6. The average Bonchev–Trinajstić information content (AvgIpc) is 3.54. The Balaban J connectivity index is 0.897. The fourth-order valence-corrected chi connectivity index (χ4v) is 7.38. The summed E-state index contributed by atoms with van der Waals surface area (Å²) in [5, 5.41) is 0. The van der Waals surface area contributed by atoms with Gasteiger partial charge < -0.3 is 9.80 Å². The van der Waals surface area contributed by atoms with E-state index in [1.165, 1.54) is 0 Å². The van der Waals surface area contributed by atoms with Crippen molar-refractivity contribution < 1.29 is 4.79 Å². The number of fused-ring (bicyclic) bond motifs is 3. The molecule has 0 atom stereocenters. The summed E-state index contributed by atoms with van der Waals surface area (Å²) >= 11 is 0. The van der Waals surface area contributed by atoms with Crippen LogP contribution in [0.5, 0.6) is 0 Å². The molecule has 8 aromatic carbocycles. The van der Waals surface area contributed by atoms with Gasteiger partial charge in [0.1, 0.15) is 0 Å². The van der Waals surface area contributed by atoms with E-state index in [9.17, 15) is 4.79 Å². The van der Waals surface area contributed by atoms with Crippen molar-refractivity contribution in [3.8, 4) is 11.1 Å². The smallest absolute Gasteiger partial charge is 0.194 e. The topological polar surface area (TPSA) is 23.6 Å². The van der Waals surface area contributed by atoms with Crippen molar-refractivity contribution in [3.63, 3.8) is 0 Å². The van der Waals surface area contributed by atoms with Crippen LogP contribution in [0.4, 0.5) is 34.1 Å². The van der Waals surface area contributed by atoms with Gasteiger partial charge in [-0.3, -0.25) is 4.79 Å². The molecule has 0 saturated heterocycles. The molecule has 0 radical (unpaired) electrons. The van der Waals surface area contributed by atoms with Crippen LogP contribution in [0, 0.1) is 0 Å². The van der Waals surface area contributed by atoms with Crippen LogP contribution >= 0.6 is 0 Å². The molecule has 0 bridgehead atoms. The Morgan fingerprint density at radius 2 is 0.536 bits per heavy atom. The van der Waals surface area contributed by atoms with Crippen molar-refractivity contribution in [2.24, 2.45) is 0 Å². The van der Waals surface area contributed by atoms with Crippen LogP contribution in [-0.4, -0.2) is 5.78 Å². The normalized spacial score (nSPS) is 11.8. The second-order valence-corrected chi connectivity index (χ2v) is 13.8. The number of ketones is 1. The summed E-state index contributed by atoms with van der Waals surface area (Å²) in [6.45, 7) is 0. The van der Waals surface area contributed by atoms with Crippen molar-refractivity contribution >= 4 is 64.2 Å². The van der Waals surface area contributed by atoms with Gasteiger partial charge in [-0.25, -0.2) is 0 Å². The summed E-state index contributed by atoms with van der Waals surface area (Å²) in [7, 11) is 0. The molecule has 9 rings (SSSR count). The number of carbonyl (C=O) groups excluding carboxylic acids is 1. The minimum atomic E-state index is 0.0676. The molecule has 3 nitrogen and oxygen atoms in total. The second kappa shape index (κ2) is 15.5. The highest BCUT2D eigenvalue weighted by molar-refractivity contribution is 6.22. The molecule has 0 fully saturated rings. The highest BCUT2D eigenvalue weighted by Crippen LogP contribution is 2.39. The molecule has 0 unspecified atom stereocenters. The third-order valence-corrected chi connectivity index (χ3v) is 10.2. The standard InChI is InChI=1S/C53H38N2O/c56-53-51-37-41(23-21-39-25-31-47(32-26-39)54(43-13-5-1-6-14-43)44-15-7-2-8-16-44)29-35-49(51)50-36-30-42(38-52(50)53)24-22-40-27-33-48(34-28-40)55(45-17-9-3-10-18-45)46-19-11-4-12-20-46/h1-38H/b23-21+,24-22+. The monoisotopic (exact) mass is 718 g/mol. The Kier molecular flexibility index (Phi) is 9.47. The Morgan fingerprint density at radius 1 is 0.268 bits per heavy atom. The van der Waals surface area contributed by atoms with Crippen LogP contribution in [0.25, 0.3) is 35.4 Å². The number of rotatable bonds is 10. The maximum absolute atomic E-state index is 13.8. The van der Waals surface area contributed by atoms with Crippen LogP contribution in [0.2, 0.25) is 0 Å². The predicted molar refractivity (Wildman–Crippen MR) is 235 cm³/mol. The molecule has 8 aromatic rings. The molecule has 0 aromatic heterocycles. The van der Waals surface area contributed by atoms with Crippen molar-refractivity contribution in [1.29, 1.82) is 0 Å². The minimum absolute atomic E-state index is 0.0676. The Labute approximate surface area is 328 Å². The van der Waals surface area contributed by atoms with E-state index in [0.29, 0.717) is 0 Å². The van der Waals surface area contributed by atoms with E-state index in [0.717, 1.165) is 78.6 Å². The van der Waals surface area contributed by atoms with E-state index in [1.807, 2.05) is 36.4 Å². The number of benzene rings is 8. The second-order valence-electron chi connectivity index (χ2n) is 13.8. The van der Waals surface area contributed by atoms with E-state index in [4.69, 9.17) is 0 Å². The van der Waals surface area contributed by atoms with Crippen molar-refractivity contribution in [2.45, 2.75) is 0 Å². The van der Waals surface area contributed by atoms with Gasteiger partial charge in [-0.15, -0.1) is 0 Å². The number of hydrogen-bond acceptors (Lipinski definition) is 3. The number of carbonyl (C=O) groups is 1. The van der Waals surface area contributed by atoms with Gasteiger partial charge in [-0.1, -0.05) is 146 Å². The van der Waals surface area contributed by atoms with E-state index >= 15 is 0 Å². The van der Waals surface area contributed by atoms with Crippen LogP contribution in [-0.2, 0) is 0 Å². The lowest BCUT2D eigenvalue weighted by molar-refractivity contribution is 0.104. The first-order chi connectivity index (χ1) is 27.7. The van der Waals surface area contributed by atoms with Crippen LogP contribution in [0.15, 0.2) is 206 Å². The predicted octanol–water partition coefficient (Wildman–Crippen LogP) is 14.2. The number of nitrogens with zero attached hydrogens (tertiary/aromatic N) is 2. The van der Waals surface area contributed by atoms with E-state index in [1.54, 1.807) is 0 Å². The highest BCUT2D eigenvalue weighted by Gasteiger charge is 2.26. The van der Waals surface area contributed by atoms with Gasteiger partial charge in [0.2, 0.25) is 0 Å². The van der Waals surface area contributed by atoms with Gasteiger partial charge in [-0.05, 0) is 118 Å².